The van der Waals surface area contributed by atoms with Gasteiger partial charge in [-0.15, -0.1) is 0 Å². The van der Waals surface area contributed by atoms with Crippen molar-refractivity contribution < 1.29 is 4.79 Å². The highest BCUT2D eigenvalue weighted by atomic mass is 16.1. The molecule has 0 aliphatic heterocycles. The van der Waals surface area contributed by atoms with Crippen molar-refractivity contribution in [3.63, 3.8) is 0 Å². The zero-order valence-corrected chi connectivity index (χ0v) is 13.2. The second-order valence-electron chi connectivity index (χ2n) is 6.04. The predicted molar refractivity (Wildman–Crippen MR) is 88.1 cm³/mol. The van der Waals surface area contributed by atoms with Gasteiger partial charge in [0, 0.05) is 17.0 Å². The van der Waals surface area contributed by atoms with E-state index < -0.39 is 0 Å². The van der Waals surface area contributed by atoms with Gasteiger partial charge in [0.1, 0.15) is 0 Å². The standard InChI is InChI=1S/C19H23NO/c1-14(2)20-18(21)17-13-19(4,12-8-9-15(17)3)16-10-6-5-7-11-16/h5-14H,1-4H3,(H,20,21)/t19-/m1/s1. The summed E-state index contributed by atoms with van der Waals surface area (Å²) in [6.45, 7) is 8.06. The van der Waals surface area contributed by atoms with Crippen molar-refractivity contribution in [2.24, 2.45) is 0 Å². The first-order valence-corrected chi connectivity index (χ1v) is 7.38. The van der Waals surface area contributed by atoms with E-state index in [0.29, 0.717) is 0 Å². The molecule has 0 unspecified atom stereocenters. The summed E-state index contributed by atoms with van der Waals surface area (Å²) in [6, 6.07) is 10.4. The van der Waals surface area contributed by atoms with E-state index in [-0.39, 0.29) is 17.4 Å². The van der Waals surface area contributed by atoms with Gasteiger partial charge in [0.25, 0.3) is 5.91 Å². The van der Waals surface area contributed by atoms with E-state index in [0.717, 1.165) is 11.1 Å². The van der Waals surface area contributed by atoms with E-state index in [1.54, 1.807) is 0 Å². The molecular formula is C19H23NO. The summed E-state index contributed by atoms with van der Waals surface area (Å²) in [6.07, 6.45) is 8.24. The summed E-state index contributed by atoms with van der Waals surface area (Å²) in [5.74, 6) is -0.00962. The molecular weight excluding hydrogens is 258 g/mol. The minimum absolute atomic E-state index is 0.00962. The third-order valence-electron chi connectivity index (χ3n) is 3.72. The van der Waals surface area contributed by atoms with Crippen LogP contribution in [0.15, 0.2) is 65.8 Å². The molecule has 1 aromatic carbocycles. The van der Waals surface area contributed by atoms with Crippen LogP contribution in [0.2, 0.25) is 0 Å². The van der Waals surface area contributed by atoms with Gasteiger partial charge in [-0.05, 0) is 38.8 Å². The lowest BCUT2D eigenvalue weighted by Crippen LogP contribution is -2.32. The maximum atomic E-state index is 12.4. The molecule has 110 valence electrons. The van der Waals surface area contributed by atoms with Gasteiger partial charge in [-0.2, -0.15) is 0 Å². The second kappa shape index (κ2) is 6.13. The molecule has 0 aromatic heterocycles. The summed E-state index contributed by atoms with van der Waals surface area (Å²) < 4.78 is 0. The van der Waals surface area contributed by atoms with Crippen LogP contribution in [-0.4, -0.2) is 11.9 Å². The predicted octanol–water partition coefficient (Wildman–Crippen LogP) is 3.91. The maximum absolute atomic E-state index is 12.4. The number of hydrogen-bond donors (Lipinski definition) is 1. The van der Waals surface area contributed by atoms with Crippen LogP contribution in [0.1, 0.15) is 33.3 Å². The van der Waals surface area contributed by atoms with Gasteiger partial charge in [-0.1, -0.05) is 54.6 Å². The fourth-order valence-corrected chi connectivity index (χ4v) is 2.51. The fraction of sp³-hybridized carbons (Fsp3) is 0.316. The molecule has 1 aliphatic rings. The van der Waals surface area contributed by atoms with E-state index in [4.69, 9.17) is 0 Å². The summed E-state index contributed by atoms with van der Waals surface area (Å²) >= 11 is 0. The number of amides is 1. The Morgan fingerprint density at radius 2 is 1.86 bits per heavy atom. The van der Waals surface area contributed by atoms with Crippen LogP contribution < -0.4 is 5.32 Å². The first kappa shape index (κ1) is 15.3. The highest BCUT2D eigenvalue weighted by Gasteiger charge is 2.25. The van der Waals surface area contributed by atoms with Crippen LogP contribution >= 0.6 is 0 Å². The quantitative estimate of drug-likeness (QED) is 0.894. The molecule has 0 saturated heterocycles. The normalized spacial score (nSPS) is 21.6. The average Bonchev–Trinajstić information content (AvgIpc) is 2.59. The van der Waals surface area contributed by atoms with Gasteiger partial charge in [0.15, 0.2) is 0 Å². The van der Waals surface area contributed by atoms with Crippen molar-refractivity contribution in [3.05, 3.63) is 71.3 Å². The van der Waals surface area contributed by atoms with Crippen LogP contribution in [0, 0.1) is 0 Å². The van der Waals surface area contributed by atoms with Gasteiger partial charge < -0.3 is 5.32 Å². The summed E-state index contributed by atoms with van der Waals surface area (Å²) in [4.78, 5) is 12.4. The Hall–Kier alpha value is -2.09. The molecule has 1 aromatic rings. The highest BCUT2D eigenvalue weighted by molar-refractivity contribution is 5.98. The third kappa shape index (κ3) is 3.52. The molecule has 2 nitrogen and oxygen atoms in total. The molecule has 2 heteroatoms. The molecule has 0 saturated carbocycles. The minimum Gasteiger partial charge on any atom is -0.350 e. The monoisotopic (exact) mass is 281 g/mol. The van der Waals surface area contributed by atoms with Gasteiger partial charge in [0.05, 0.1) is 0 Å². The van der Waals surface area contributed by atoms with E-state index in [1.165, 1.54) is 5.56 Å². The molecule has 21 heavy (non-hydrogen) atoms. The number of hydrogen-bond acceptors (Lipinski definition) is 1. The minimum atomic E-state index is -0.279. The molecule has 0 radical (unpaired) electrons. The molecule has 0 fully saturated rings. The zero-order chi connectivity index (χ0) is 15.5. The van der Waals surface area contributed by atoms with Crippen LogP contribution in [-0.2, 0) is 10.2 Å². The molecule has 1 aliphatic carbocycles. The molecule has 1 N–H and O–H groups in total. The number of carbonyl (C=O) groups is 1. The zero-order valence-electron chi connectivity index (χ0n) is 13.2. The molecule has 2 rings (SSSR count). The van der Waals surface area contributed by atoms with Crippen molar-refractivity contribution in [1.29, 1.82) is 0 Å². The van der Waals surface area contributed by atoms with Crippen molar-refractivity contribution in [2.75, 3.05) is 0 Å². The third-order valence-corrected chi connectivity index (χ3v) is 3.72. The Labute approximate surface area is 127 Å². The number of carbonyl (C=O) groups excluding carboxylic acids is 1. The SMILES string of the molecule is CC1=CC=C[C@@](C)(c2ccccc2)C=C1C(=O)NC(C)C. The van der Waals surface area contributed by atoms with Gasteiger partial charge in [-0.25, -0.2) is 0 Å². The lowest BCUT2D eigenvalue weighted by Gasteiger charge is -2.24. The van der Waals surface area contributed by atoms with Crippen LogP contribution in [0.5, 0.6) is 0 Å². The topological polar surface area (TPSA) is 29.1 Å². The van der Waals surface area contributed by atoms with E-state index in [1.807, 2.05) is 51.1 Å². The van der Waals surface area contributed by atoms with Crippen LogP contribution in [0.25, 0.3) is 0 Å². The number of nitrogens with one attached hydrogen (secondary N) is 1. The Morgan fingerprint density at radius 1 is 1.19 bits per heavy atom. The number of rotatable bonds is 3. The first-order chi connectivity index (χ1) is 9.92. The maximum Gasteiger partial charge on any atom is 0.251 e. The Kier molecular flexibility index (Phi) is 4.46. The molecule has 0 spiro atoms. The number of allylic oxidation sites excluding steroid dienone is 4. The largest absolute Gasteiger partial charge is 0.350 e. The highest BCUT2D eigenvalue weighted by Crippen LogP contribution is 2.32. The fourth-order valence-electron chi connectivity index (χ4n) is 2.51. The summed E-state index contributed by atoms with van der Waals surface area (Å²) in [7, 11) is 0. The Bertz CT molecular complexity index is 608. The molecule has 0 bridgehead atoms. The second-order valence-corrected chi connectivity index (χ2v) is 6.04. The van der Waals surface area contributed by atoms with Crippen molar-refractivity contribution in [2.45, 2.75) is 39.2 Å². The molecule has 0 heterocycles. The van der Waals surface area contributed by atoms with E-state index in [2.05, 4.69) is 36.5 Å². The Morgan fingerprint density at radius 3 is 2.48 bits per heavy atom. The van der Waals surface area contributed by atoms with Crippen molar-refractivity contribution in [3.8, 4) is 0 Å². The Balaban J connectivity index is 2.45. The summed E-state index contributed by atoms with van der Waals surface area (Å²) in [5.41, 5.74) is 2.64. The number of benzene rings is 1. The average molecular weight is 281 g/mol. The van der Waals surface area contributed by atoms with Crippen LogP contribution in [0.4, 0.5) is 0 Å². The van der Waals surface area contributed by atoms with Gasteiger partial charge in [0.2, 0.25) is 0 Å². The smallest absolute Gasteiger partial charge is 0.251 e. The molecule has 1 amide bonds. The molecule has 1 atom stereocenters. The summed E-state index contributed by atoms with van der Waals surface area (Å²) in [5, 5.41) is 2.98. The van der Waals surface area contributed by atoms with Crippen molar-refractivity contribution >= 4 is 5.91 Å². The first-order valence-electron chi connectivity index (χ1n) is 7.38. The van der Waals surface area contributed by atoms with E-state index in [9.17, 15) is 4.79 Å². The van der Waals surface area contributed by atoms with Gasteiger partial charge in [-0.3, -0.25) is 4.79 Å². The van der Waals surface area contributed by atoms with Crippen molar-refractivity contribution in [1.82, 2.24) is 5.32 Å². The van der Waals surface area contributed by atoms with Crippen LogP contribution in [0.3, 0.4) is 0 Å². The lowest BCUT2D eigenvalue weighted by molar-refractivity contribution is -0.117. The lowest BCUT2D eigenvalue weighted by atomic mass is 9.80. The van der Waals surface area contributed by atoms with Gasteiger partial charge >= 0.3 is 0 Å². The van der Waals surface area contributed by atoms with E-state index >= 15 is 0 Å².